The number of H-pyrrole nitrogens is 1. The van der Waals surface area contributed by atoms with E-state index in [-0.39, 0.29) is 11.8 Å². The second kappa shape index (κ2) is 9.19. The summed E-state index contributed by atoms with van der Waals surface area (Å²) < 4.78 is 6.02. The molecule has 7 nitrogen and oxygen atoms in total. The summed E-state index contributed by atoms with van der Waals surface area (Å²) >= 11 is 0. The topological polar surface area (TPSA) is 112 Å². The minimum Gasteiger partial charge on any atom is -0.480 e. The number of hydrogen-bond acceptors (Lipinski definition) is 4. The third-order valence-corrected chi connectivity index (χ3v) is 6.29. The molecule has 0 saturated heterocycles. The van der Waals surface area contributed by atoms with Crippen LogP contribution in [0.25, 0.3) is 33.2 Å². The highest BCUT2D eigenvalue weighted by molar-refractivity contribution is 5.97. The van der Waals surface area contributed by atoms with Gasteiger partial charge in [-0.1, -0.05) is 36.4 Å². The molecule has 3 N–H and O–H groups in total. The van der Waals surface area contributed by atoms with Crippen LogP contribution >= 0.6 is 0 Å². The fourth-order valence-corrected chi connectivity index (χ4v) is 4.50. The van der Waals surface area contributed by atoms with Crippen LogP contribution in [0.2, 0.25) is 0 Å². The zero-order chi connectivity index (χ0) is 25.4. The van der Waals surface area contributed by atoms with Gasteiger partial charge in [-0.15, -0.1) is 0 Å². The average Bonchev–Trinajstić information content (AvgIpc) is 3.27. The quantitative estimate of drug-likeness (QED) is 0.317. The van der Waals surface area contributed by atoms with Crippen molar-refractivity contribution in [2.75, 3.05) is 0 Å². The highest BCUT2D eigenvalue weighted by Gasteiger charge is 2.22. The lowest BCUT2D eigenvalue weighted by molar-refractivity contribution is -0.139. The Labute approximate surface area is 206 Å². The van der Waals surface area contributed by atoms with E-state index < -0.39 is 17.9 Å². The Bertz CT molecular complexity index is 1680. The Balaban J connectivity index is 1.37. The number of aliphatic carboxylic acids is 1. The Morgan fingerprint density at radius 1 is 1.00 bits per heavy atom. The number of hydrogen-bond donors (Lipinski definition) is 3. The van der Waals surface area contributed by atoms with Crippen molar-refractivity contribution in [2.45, 2.75) is 26.3 Å². The normalized spacial score (nSPS) is 12.1. The lowest BCUT2D eigenvalue weighted by Crippen LogP contribution is -2.42. The number of nitrogens with one attached hydrogen (secondary N) is 2. The second-order valence-electron chi connectivity index (χ2n) is 8.94. The van der Waals surface area contributed by atoms with Crippen LogP contribution in [-0.4, -0.2) is 28.0 Å². The van der Waals surface area contributed by atoms with Crippen molar-refractivity contribution in [1.29, 1.82) is 0 Å². The van der Waals surface area contributed by atoms with Gasteiger partial charge >= 0.3 is 5.97 Å². The number of carbonyl (C=O) groups is 2. The SMILES string of the molecule is Cc1cc(C)c2oc(-c3ccc(C(=O)NC(Cc4c[nH]c5ccccc45)C(=O)O)cc3)cc(=O)c2c1. The smallest absolute Gasteiger partial charge is 0.326 e. The number of benzene rings is 3. The lowest BCUT2D eigenvalue weighted by atomic mass is 10.0. The van der Waals surface area contributed by atoms with Crippen LogP contribution in [0.1, 0.15) is 27.0 Å². The van der Waals surface area contributed by atoms with Crippen molar-refractivity contribution >= 4 is 33.7 Å². The summed E-state index contributed by atoms with van der Waals surface area (Å²) in [5.74, 6) is -1.22. The molecule has 0 aliphatic heterocycles. The third-order valence-electron chi connectivity index (χ3n) is 6.29. The molecule has 0 spiro atoms. The number of rotatable bonds is 6. The van der Waals surface area contributed by atoms with Crippen LogP contribution in [0, 0.1) is 13.8 Å². The summed E-state index contributed by atoms with van der Waals surface area (Å²) in [4.78, 5) is 40.5. The van der Waals surface area contributed by atoms with E-state index in [4.69, 9.17) is 4.42 Å². The monoisotopic (exact) mass is 480 g/mol. The molecule has 0 aliphatic carbocycles. The first-order valence-electron chi connectivity index (χ1n) is 11.5. The number of carboxylic acid groups (broad SMARTS) is 1. The molecule has 3 aromatic carbocycles. The van der Waals surface area contributed by atoms with E-state index in [9.17, 15) is 19.5 Å². The van der Waals surface area contributed by atoms with E-state index in [2.05, 4.69) is 10.3 Å². The number of fused-ring (bicyclic) bond motifs is 2. The molecule has 0 bridgehead atoms. The molecule has 7 heteroatoms. The highest BCUT2D eigenvalue weighted by atomic mass is 16.4. The zero-order valence-electron chi connectivity index (χ0n) is 19.8. The fraction of sp³-hybridized carbons (Fsp3) is 0.138. The van der Waals surface area contributed by atoms with Crippen LogP contribution in [-0.2, 0) is 11.2 Å². The maximum Gasteiger partial charge on any atom is 0.326 e. The first kappa shape index (κ1) is 23.1. The van der Waals surface area contributed by atoms with Gasteiger partial charge in [-0.25, -0.2) is 4.79 Å². The summed E-state index contributed by atoms with van der Waals surface area (Å²) in [5, 5.41) is 13.8. The number of aromatic nitrogens is 1. The molecule has 1 amide bonds. The van der Waals surface area contributed by atoms with Gasteiger partial charge in [-0.05, 0) is 54.8 Å². The van der Waals surface area contributed by atoms with Crippen LogP contribution in [0.5, 0.6) is 0 Å². The summed E-state index contributed by atoms with van der Waals surface area (Å²) in [6, 6.07) is 18.2. The third kappa shape index (κ3) is 4.38. The van der Waals surface area contributed by atoms with Crippen molar-refractivity contribution in [3.05, 3.63) is 105 Å². The van der Waals surface area contributed by atoms with Gasteiger partial charge < -0.3 is 19.8 Å². The summed E-state index contributed by atoms with van der Waals surface area (Å²) in [6.45, 7) is 3.82. The molecule has 180 valence electrons. The van der Waals surface area contributed by atoms with Crippen LogP contribution in [0.15, 0.2) is 82.1 Å². The maximum absolute atomic E-state index is 12.8. The highest BCUT2D eigenvalue weighted by Crippen LogP contribution is 2.25. The summed E-state index contributed by atoms with van der Waals surface area (Å²) in [7, 11) is 0. The second-order valence-corrected chi connectivity index (χ2v) is 8.94. The fourth-order valence-electron chi connectivity index (χ4n) is 4.50. The maximum atomic E-state index is 12.8. The molecule has 1 atom stereocenters. The van der Waals surface area contributed by atoms with Crippen molar-refractivity contribution in [3.63, 3.8) is 0 Å². The molecule has 0 saturated carbocycles. The van der Waals surface area contributed by atoms with Gasteiger partial charge in [0, 0.05) is 40.7 Å². The van der Waals surface area contributed by atoms with Gasteiger partial charge in [0.2, 0.25) is 0 Å². The molecule has 2 heterocycles. The van der Waals surface area contributed by atoms with Gasteiger partial charge in [0.15, 0.2) is 5.43 Å². The Hall–Kier alpha value is -4.65. The largest absolute Gasteiger partial charge is 0.480 e. The average molecular weight is 481 g/mol. The molecular formula is C29H24N2O5. The van der Waals surface area contributed by atoms with Crippen molar-refractivity contribution in [1.82, 2.24) is 10.3 Å². The molecular weight excluding hydrogens is 456 g/mol. The van der Waals surface area contributed by atoms with Gasteiger partial charge in [0.1, 0.15) is 17.4 Å². The van der Waals surface area contributed by atoms with E-state index in [0.717, 1.165) is 27.6 Å². The van der Waals surface area contributed by atoms with Crippen LogP contribution in [0.4, 0.5) is 0 Å². The molecule has 5 aromatic rings. The Morgan fingerprint density at radius 2 is 1.75 bits per heavy atom. The van der Waals surface area contributed by atoms with Crippen molar-refractivity contribution < 1.29 is 19.1 Å². The Kier molecular flexibility index (Phi) is 5.90. The molecule has 0 aliphatic rings. The molecule has 0 radical (unpaired) electrons. The molecule has 36 heavy (non-hydrogen) atoms. The van der Waals surface area contributed by atoms with E-state index >= 15 is 0 Å². The number of para-hydroxylation sites is 1. The molecule has 0 fully saturated rings. The molecule has 1 unspecified atom stereocenters. The molecule has 5 rings (SSSR count). The number of aryl methyl sites for hydroxylation is 2. The number of carboxylic acids is 1. The summed E-state index contributed by atoms with van der Waals surface area (Å²) in [6.07, 6.45) is 1.91. The standard InChI is InChI=1S/C29H24N2O5/c1-16-11-17(2)27-22(12-16)25(32)14-26(36-27)18-7-9-19(10-8-18)28(33)31-24(29(34)35)13-20-15-30-23-6-4-3-5-21(20)23/h3-12,14-15,24,30H,13H2,1-2H3,(H,31,33)(H,34,35). The lowest BCUT2D eigenvalue weighted by Gasteiger charge is -2.14. The van der Waals surface area contributed by atoms with Crippen LogP contribution in [0.3, 0.4) is 0 Å². The van der Waals surface area contributed by atoms with Gasteiger partial charge in [-0.3, -0.25) is 9.59 Å². The van der Waals surface area contributed by atoms with E-state index in [1.807, 2.05) is 44.2 Å². The predicted octanol–water partition coefficient (Wildman–Crippen LogP) is 4.98. The summed E-state index contributed by atoms with van der Waals surface area (Å²) in [5.41, 5.74) is 4.91. The zero-order valence-corrected chi connectivity index (χ0v) is 19.8. The first-order chi connectivity index (χ1) is 17.3. The van der Waals surface area contributed by atoms with Gasteiger partial charge in [-0.2, -0.15) is 0 Å². The molecule has 2 aromatic heterocycles. The number of carbonyl (C=O) groups excluding carboxylic acids is 1. The van der Waals surface area contributed by atoms with E-state index in [1.165, 1.54) is 6.07 Å². The van der Waals surface area contributed by atoms with Gasteiger partial charge in [0.25, 0.3) is 5.91 Å². The minimum absolute atomic E-state index is 0.138. The Morgan fingerprint density at radius 3 is 2.50 bits per heavy atom. The number of amides is 1. The van der Waals surface area contributed by atoms with E-state index in [0.29, 0.717) is 27.9 Å². The first-order valence-corrected chi connectivity index (χ1v) is 11.5. The minimum atomic E-state index is -1.12. The van der Waals surface area contributed by atoms with Crippen LogP contribution < -0.4 is 10.7 Å². The van der Waals surface area contributed by atoms with Crippen molar-refractivity contribution in [2.24, 2.45) is 0 Å². The van der Waals surface area contributed by atoms with E-state index in [1.54, 1.807) is 36.5 Å². The van der Waals surface area contributed by atoms with Gasteiger partial charge in [0.05, 0.1) is 5.39 Å². The van der Waals surface area contributed by atoms with Crippen molar-refractivity contribution in [3.8, 4) is 11.3 Å². The predicted molar refractivity (Wildman–Crippen MR) is 138 cm³/mol. The number of aromatic amines is 1.